The van der Waals surface area contributed by atoms with Crippen molar-refractivity contribution in [1.82, 2.24) is 15.4 Å². The number of rotatable bonds is 9. The summed E-state index contributed by atoms with van der Waals surface area (Å²) < 4.78 is 45.2. The molecule has 2 heterocycles. The molecule has 0 fully saturated rings. The number of aromatic nitrogens is 3. The van der Waals surface area contributed by atoms with Gasteiger partial charge in [0.1, 0.15) is 17.2 Å². The van der Waals surface area contributed by atoms with Crippen molar-refractivity contribution in [2.45, 2.75) is 18.2 Å². The normalized spacial score (nSPS) is 11.4. The first kappa shape index (κ1) is 23.2. The van der Waals surface area contributed by atoms with E-state index in [4.69, 9.17) is 14.0 Å². The predicted molar refractivity (Wildman–Crippen MR) is 136 cm³/mol. The fourth-order valence-corrected chi connectivity index (χ4v) is 4.56. The summed E-state index contributed by atoms with van der Waals surface area (Å²) in [6, 6.07) is 20.5. The highest BCUT2D eigenvalue weighted by molar-refractivity contribution is 7.92. The second-order valence-corrected chi connectivity index (χ2v) is 9.51. The first-order chi connectivity index (χ1) is 17.4. The van der Waals surface area contributed by atoms with Crippen molar-refractivity contribution in [3.63, 3.8) is 0 Å². The Bertz CT molecular complexity index is 1600. The standard InChI is InChI=1S/C25H23N5O5S/c1-3-16-13-24(28-27-16)26-21-15-22-20(14-23(21)33-2)25(29-35-22)30-36(31,32)19-11-9-18(10-12-19)34-17-7-5-4-6-8-17/h4-15H,3H2,1-2H3,(H,29,30)(H2,26,27,28). The van der Waals surface area contributed by atoms with Crippen LogP contribution >= 0.6 is 0 Å². The summed E-state index contributed by atoms with van der Waals surface area (Å²) in [5.74, 6) is 2.30. The van der Waals surface area contributed by atoms with Gasteiger partial charge in [-0.2, -0.15) is 5.10 Å². The Hall–Kier alpha value is -4.51. The number of sulfonamides is 1. The van der Waals surface area contributed by atoms with Crippen LogP contribution in [0.15, 0.2) is 82.2 Å². The molecule has 3 aromatic carbocycles. The molecule has 0 atom stereocenters. The van der Waals surface area contributed by atoms with Crippen LogP contribution in [0.5, 0.6) is 17.2 Å². The number of hydrogen-bond acceptors (Lipinski definition) is 8. The van der Waals surface area contributed by atoms with E-state index in [1.54, 1.807) is 24.3 Å². The molecule has 2 aromatic heterocycles. The van der Waals surface area contributed by atoms with E-state index in [9.17, 15) is 8.42 Å². The highest BCUT2D eigenvalue weighted by Crippen LogP contribution is 2.36. The zero-order chi connectivity index (χ0) is 25.1. The Morgan fingerprint density at radius 1 is 1.00 bits per heavy atom. The molecule has 0 saturated carbocycles. The zero-order valence-electron chi connectivity index (χ0n) is 19.5. The van der Waals surface area contributed by atoms with Crippen molar-refractivity contribution in [3.05, 3.63) is 78.5 Å². The van der Waals surface area contributed by atoms with Crippen LogP contribution in [0, 0.1) is 0 Å². The molecule has 0 aliphatic rings. The molecular formula is C25H23N5O5S. The summed E-state index contributed by atoms with van der Waals surface area (Å²) in [6.45, 7) is 2.02. The van der Waals surface area contributed by atoms with E-state index in [0.717, 1.165) is 12.1 Å². The molecule has 0 aliphatic carbocycles. The summed E-state index contributed by atoms with van der Waals surface area (Å²) in [7, 11) is -2.42. The van der Waals surface area contributed by atoms with Gasteiger partial charge in [-0.15, -0.1) is 0 Å². The quantitative estimate of drug-likeness (QED) is 0.241. The molecular weight excluding hydrogens is 482 g/mol. The second-order valence-electron chi connectivity index (χ2n) is 7.83. The Balaban J connectivity index is 1.37. The lowest BCUT2D eigenvalue weighted by atomic mass is 10.2. The lowest BCUT2D eigenvalue weighted by Crippen LogP contribution is -2.13. The number of benzene rings is 3. The predicted octanol–water partition coefficient (Wildman–Crippen LogP) is 5.46. The number of fused-ring (bicyclic) bond motifs is 1. The maximum atomic E-state index is 13.0. The third kappa shape index (κ3) is 4.82. The maximum Gasteiger partial charge on any atom is 0.263 e. The number of anilines is 3. The highest BCUT2D eigenvalue weighted by Gasteiger charge is 2.21. The fourth-order valence-electron chi connectivity index (χ4n) is 3.55. The van der Waals surface area contributed by atoms with Gasteiger partial charge in [-0.05, 0) is 48.9 Å². The molecule has 184 valence electrons. The zero-order valence-corrected chi connectivity index (χ0v) is 20.3. The molecule has 5 rings (SSSR count). The van der Waals surface area contributed by atoms with Crippen molar-refractivity contribution < 1.29 is 22.4 Å². The van der Waals surface area contributed by atoms with Crippen LogP contribution in [0.4, 0.5) is 17.3 Å². The fraction of sp³-hybridized carbons (Fsp3) is 0.120. The van der Waals surface area contributed by atoms with E-state index >= 15 is 0 Å². The van der Waals surface area contributed by atoms with Crippen LogP contribution in [0.25, 0.3) is 11.0 Å². The molecule has 0 spiro atoms. The number of methoxy groups -OCH3 is 1. The van der Waals surface area contributed by atoms with Crippen molar-refractivity contribution in [2.24, 2.45) is 0 Å². The lowest BCUT2D eigenvalue weighted by Gasteiger charge is -2.10. The van der Waals surface area contributed by atoms with Crippen LogP contribution in [-0.2, 0) is 16.4 Å². The minimum absolute atomic E-state index is 0.0486. The first-order valence-corrected chi connectivity index (χ1v) is 12.6. The third-order valence-electron chi connectivity index (χ3n) is 5.41. The van der Waals surface area contributed by atoms with E-state index in [0.29, 0.717) is 39.7 Å². The van der Waals surface area contributed by atoms with Gasteiger partial charge < -0.3 is 19.3 Å². The van der Waals surface area contributed by atoms with Crippen molar-refractivity contribution >= 4 is 38.3 Å². The van der Waals surface area contributed by atoms with Gasteiger partial charge in [-0.25, -0.2) is 8.42 Å². The average Bonchev–Trinajstić information content (AvgIpc) is 3.50. The van der Waals surface area contributed by atoms with Gasteiger partial charge in [0.25, 0.3) is 10.0 Å². The SMILES string of the molecule is CCc1cc(Nc2cc3onc(NS(=O)(=O)c4ccc(Oc5ccccc5)cc4)c3cc2OC)n[nH]1. The molecule has 11 heteroatoms. The Morgan fingerprint density at radius 2 is 1.75 bits per heavy atom. The molecule has 36 heavy (non-hydrogen) atoms. The van der Waals surface area contributed by atoms with E-state index in [1.165, 1.54) is 19.2 Å². The minimum Gasteiger partial charge on any atom is -0.495 e. The number of H-pyrrole nitrogens is 1. The molecule has 5 aromatic rings. The van der Waals surface area contributed by atoms with Crippen LogP contribution in [0.2, 0.25) is 0 Å². The van der Waals surface area contributed by atoms with Crippen LogP contribution in [0.3, 0.4) is 0 Å². The molecule has 3 N–H and O–H groups in total. The number of aromatic amines is 1. The summed E-state index contributed by atoms with van der Waals surface area (Å²) in [6.07, 6.45) is 0.819. The molecule has 0 radical (unpaired) electrons. The maximum absolute atomic E-state index is 13.0. The number of hydrogen-bond donors (Lipinski definition) is 3. The topological polar surface area (TPSA) is 131 Å². The number of aryl methyl sites for hydroxylation is 1. The first-order valence-electron chi connectivity index (χ1n) is 11.1. The van der Waals surface area contributed by atoms with Gasteiger partial charge in [-0.1, -0.05) is 30.3 Å². The Morgan fingerprint density at radius 3 is 2.44 bits per heavy atom. The summed E-state index contributed by atoms with van der Waals surface area (Å²) >= 11 is 0. The van der Waals surface area contributed by atoms with Gasteiger partial charge in [0.2, 0.25) is 0 Å². The largest absolute Gasteiger partial charge is 0.495 e. The van der Waals surface area contributed by atoms with Gasteiger partial charge in [-0.3, -0.25) is 9.82 Å². The van der Waals surface area contributed by atoms with Crippen LogP contribution in [0.1, 0.15) is 12.6 Å². The van der Waals surface area contributed by atoms with Crippen LogP contribution < -0.4 is 19.5 Å². The van der Waals surface area contributed by atoms with E-state index in [1.807, 2.05) is 43.3 Å². The van der Waals surface area contributed by atoms with Crippen molar-refractivity contribution in [1.29, 1.82) is 0 Å². The van der Waals surface area contributed by atoms with E-state index in [2.05, 4.69) is 25.4 Å². The lowest BCUT2D eigenvalue weighted by molar-refractivity contribution is 0.417. The molecule has 10 nitrogen and oxygen atoms in total. The summed E-state index contributed by atoms with van der Waals surface area (Å²) in [5.41, 5.74) is 1.95. The Kier molecular flexibility index (Phi) is 6.21. The van der Waals surface area contributed by atoms with Crippen molar-refractivity contribution in [3.8, 4) is 17.2 Å². The second kappa shape index (κ2) is 9.62. The van der Waals surface area contributed by atoms with Gasteiger partial charge in [0.05, 0.1) is 23.1 Å². The number of ether oxygens (including phenoxy) is 2. The van der Waals surface area contributed by atoms with Gasteiger partial charge in [0, 0.05) is 17.8 Å². The molecule has 0 aliphatic heterocycles. The third-order valence-corrected chi connectivity index (χ3v) is 6.77. The van der Waals surface area contributed by atoms with Crippen molar-refractivity contribution in [2.75, 3.05) is 17.1 Å². The highest BCUT2D eigenvalue weighted by atomic mass is 32.2. The molecule has 0 amide bonds. The van der Waals surface area contributed by atoms with Gasteiger partial charge >= 0.3 is 0 Å². The number of para-hydroxylation sites is 1. The van der Waals surface area contributed by atoms with Gasteiger partial charge in [0.15, 0.2) is 17.2 Å². The summed E-state index contributed by atoms with van der Waals surface area (Å²) in [5, 5.41) is 14.7. The smallest absolute Gasteiger partial charge is 0.263 e. The molecule has 0 unspecified atom stereocenters. The Labute approximate surface area is 207 Å². The average molecular weight is 506 g/mol. The minimum atomic E-state index is -3.94. The van der Waals surface area contributed by atoms with E-state index < -0.39 is 10.0 Å². The monoisotopic (exact) mass is 505 g/mol. The number of nitrogens with one attached hydrogen (secondary N) is 3. The number of nitrogens with zero attached hydrogens (tertiary/aromatic N) is 2. The van der Waals surface area contributed by atoms with E-state index in [-0.39, 0.29) is 10.7 Å². The molecule has 0 saturated heterocycles. The summed E-state index contributed by atoms with van der Waals surface area (Å²) in [4.78, 5) is 0.0505. The molecule has 0 bridgehead atoms. The van der Waals surface area contributed by atoms with Crippen LogP contribution in [-0.4, -0.2) is 30.9 Å².